The monoisotopic (exact) mass is 379 g/mol. The van der Waals surface area contributed by atoms with Crippen molar-refractivity contribution in [3.05, 3.63) is 42.0 Å². The number of amides is 2. The van der Waals surface area contributed by atoms with Crippen LogP contribution in [0, 0.1) is 0 Å². The van der Waals surface area contributed by atoms with Crippen LogP contribution < -0.4 is 20.9 Å². The van der Waals surface area contributed by atoms with E-state index in [1.54, 1.807) is 31.2 Å². The number of carbonyl (C=O) groups excluding carboxylic acids is 3. The lowest BCUT2D eigenvalue weighted by molar-refractivity contribution is -0.137. The number of carbonyl (C=O) groups is 3. The van der Waals surface area contributed by atoms with E-state index in [4.69, 9.17) is 17.0 Å². The molecule has 0 heterocycles. The first-order valence-electron chi connectivity index (χ1n) is 7.95. The Labute approximate surface area is 156 Å². The average Bonchev–Trinajstić information content (AvgIpc) is 2.63. The average molecular weight is 379 g/mol. The lowest BCUT2D eigenvalue weighted by atomic mass is 10.2. The molecule has 1 rings (SSSR count). The molecule has 0 fully saturated rings. The first-order chi connectivity index (χ1) is 12.5. The molecule has 1 aromatic rings. The lowest BCUT2D eigenvalue weighted by Gasteiger charge is -2.12. The van der Waals surface area contributed by atoms with Gasteiger partial charge < -0.3 is 9.47 Å². The maximum atomic E-state index is 12.2. The second-order valence-electron chi connectivity index (χ2n) is 4.83. The van der Waals surface area contributed by atoms with Crippen molar-refractivity contribution in [3.63, 3.8) is 0 Å². The fourth-order valence-electron chi connectivity index (χ4n) is 1.69. The van der Waals surface area contributed by atoms with Gasteiger partial charge in [-0.25, -0.2) is 4.79 Å². The third-order valence-corrected chi connectivity index (χ3v) is 2.98. The van der Waals surface area contributed by atoms with Crippen LogP contribution in [0.1, 0.15) is 30.6 Å². The molecule has 0 aliphatic heterocycles. The van der Waals surface area contributed by atoms with Gasteiger partial charge in [0.15, 0.2) is 5.11 Å². The smallest absolute Gasteiger partial charge is 0.330 e. The topological polar surface area (TPSA) is 106 Å². The van der Waals surface area contributed by atoms with Crippen LogP contribution in [0.15, 0.2) is 36.4 Å². The summed E-state index contributed by atoms with van der Waals surface area (Å²) in [5.74, 6) is -1.31. The predicted octanol–water partition coefficient (Wildman–Crippen LogP) is 1.23. The van der Waals surface area contributed by atoms with Crippen LogP contribution in [0.3, 0.4) is 0 Å². The molecule has 0 unspecified atom stereocenters. The summed E-state index contributed by atoms with van der Waals surface area (Å²) in [6.45, 7) is 4.31. The molecule has 0 spiro atoms. The molecule has 3 N–H and O–H groups in total. The number of esters is 1. The standard InChI is InChI=1S/C17H21N3O5S/c1-3-11-25-13-8-6-5-7-12(13)16(23)19-20-17(26)18-14(21)9-10-15(22)24-4-2/h5-10H,3-4,11H2,1-2H3,(H,19,23)(H2,18,20,21,26). The Morgan fingerprint density at radius 1 is 1.12 bits per heavy atom. The number of thiocarbonyl (C=S) groups is 1. The maximum Gasteiger partial charge on any atom is 0.330 e. The summed E-state index contributed by atoms with van der Waals surface area (Å²) in [6, 6.07) is 6.75. The Morgan fingerprint density at radius 2 is 1.85 bits per heavy atom. The molecule has 0 aromatic heterocycles. The SMILES string of the molecule is CCCOc1ccccc1C(=O)NNC(=S)NC(=O)C=CC(=O)OCC. The summed E-state index contributed by atoms with van der Waals surface area (Å²) in [7, 11) is 0. The normalized spacial score (nSPS) is 10.1. The van der Waals surface area contributed by atoms with Crippen LogP contribution in [-0.2, 0) is 14.3 Å². The van der Waals surface area contributed by atoms with Crippen LogP contribution in [0.2, 0.25) is 0 Å². The van der Waals surface area contributed by atoms with E-state index < -0.39 is 17.8 Å². The molecule has 9 heteroatoms. The maximum absolute atomic E-state index is 12.2. The summed E-state index contributed by atoms with van der Waals surface area (Å²) in [5.41, 5.74) is 5.09. The Morgan fingerprint density at radius 3 is 2.54 bits per heavy atom. The number of rotatable bonds is 7. The van der Waals surface area contributed by atoms with Crippen LogP contribution in [0.5, 0.6) is 5.75 Å². The third kappa shape index (κ3) is 7.75. The van der Waals surface area contributed by atoms with E-state index in [9.17, 15) is 14.4 Å². The summed E-state index contributed by atoms with van der Waals surface area (Å²) in [5, 5.41) is 2.14. The van der Waals surface area contributed by atoms with Crippen LogP contribution in [0.4, 0.5) is 0 Å². The van der Waals surface area contributed by atoms with Crippen molar-refractivity contribution in [2.75, 3.05) is 13.2 Å². The number of nitrogens with one attached hydrogen (secondary N) is 3. The molecule has 0 atom stereocenters. The Bertz CT molecular complexity index is 691. The molecule has 0 saturated carbocycles. The highest BCUT2D eigenvalue weighted by atomic mass is 32.1. The van der Waals surface area contributed by atoms with Gasteiger partial charge in [0.05, 0.1) is 18.8 Å². The van der Waals surface area contributed by atoms with Gasteiger partial charge in [-0.1, -0.05) is 19.1 Å². The first kappa shape index (κ1) is 21.1. The van der Waals surface area contributed by atoms with Crippen molar-refractivity contribution in [1.29, 1.82) is 0 Å². The van der Waals surface area contributed by atoms with Gasteiger partial charge in [0.1, 0.15) is 5.75 Å². The molecule has 2 amide bonds. The predicted molar refractivity (Wildman–Crippen MR) is 99.3 cm³/mol. The Balaban J connectivity index is 2.51. The molecule has 1 aromatic carbocycles. The highest BCUT2D eigenvalue weighted by Crippen LogP contribution is 2.17. The zero-order valence-corrected chi connectivity index (χ0v) is 15.4. The van der Waals surface area contributed by atoms with Gasteiger partial charge in [0.25, 0.3) is 5.91 Å². The largest absolute Gasteiger partial charge is 0.493 e. The third-order valence-electron chi connectivity index (χ3n) is 2.78. The second-order valence-corrected chi connectivity index (χ2v) is 5.24. The van der Waals surface area contributed by atoms with Gasteiger partial charge in [0.2, 0.25) is 5.91 Å². The van der Waals surface area contributed by atoms with Crippen LogP contribution in [-0.4, -0.2) is 36.1 Å². The second kappa shape index (κ2) is 11.6. The summed E-state index contributed by atoms with van der Waals surface area (Å²) in [4.78, 5) is 34.9. The van der Waals surface area contributed by atoms with E-state index in [1.165, 1.54) is 0 Å². The van der Waals surface area contributed by atoms with Gasteiger partial charge in [-0.2, -0.15) is 0 Å². The molecule has 26 heavy (non-hydrogen) atoms. The molecule has 140 valence electrons. The minimum Gasteiger partial charge on any atom is -0.493 e. The number of hydrogen-bond acceptors (Lipinski definition) is 6. The summed E-state index contributed by atoms with van der Waals surface area (Å²) >= 11 is 4.89. The molecule has 8 nitrogen and oxygen atoms in total. The zero-order valence-electron chi connectivity index (χ0n) is 14.5. The number of hydrogen-bond donors (Lipinski definition) is 3. The quantitative estimate of drug-likeness (QED) is 0.283. The number of ether oxygens (including phenoxy) is 2. The molecule has 0 aliphatic rings. The van der Waals surface area contributed by atoms with E-state index in [0.717, 1.165) is 18.6 Å². The van der Waals surface area contributed by atoms with Gasteiger partial charge in [-0.15, -0.1) is 0 Å². The minimum absolute atomic E-state index is 0.135. The van der Waals surface area contributed by atoms with E-state index in [-0.39, 0.29) is 11.7 Å². The molecule has 0 bridgehead atoms. The fourth-order valence-corrected chi connectivity index (χ4v) is 1.84. The molecular weight excluding hydrogens is 358 g/mol. The van der Waals surface area contributed by atoms with E-state index >= 15 is 0 Å². The highest BCUT2D eigenvalue weighted by Gasteiger charge is 2.12. The Kier molecular flexibility index (Phi) is 9.40. The highest BCUT2D eigenvalue weighted by molar-refractivity contribution is 7.80. The Hall–Kier alpha value is -2.94. The molecular formula is C17H21N3O5S. The van der Waals surface area contributed by atoms with Gasteiger partial charge in [-0.05, 0) is 37.7 Å². The fraction of sp³-hybridized carbons (Fsp3) is 0.294. The number of benzene rings is 1. The number of hydrazine groups is 1. The number of para-hydroxylation sites is 1. The van der Waals surface area contributed by atoms with Crippen molar-refractivity contribution in [3.8, 4) is 5.75 Å². The van der Waals surface area contributed by atoms with E-state index in [0.29, 0.717) is 17.9 Å². The molecule has 0 radical (unpaired) electrons. The zero-order chi connectivity index (χ0) is 19.4. The first-order valence-corrected chi connectivity index (χ1v) is 8.36. The van der Waals surface area contributed by atoms with Gasteiger partial charge >= 0.3 is 5.97 Å². The van der Waals surface area contributed by atoms with Gasteiger partial charge in [0, 0.05) is 12.2 Å². The summed E-state index contributed by atoms with van der Waals surface area (Å²) < 4.78 is 10.2. The van der Waals surface area contributed by atoms with Crippen molar-refractivity contribution >= 4 is 35.1 Å². The van der Waals surface area contributed by atoms with Crippen LogP contribution in [0.25, 0.3) is 0 Å². The van der Waals surface area contributed by atoms with Crippen molar-refractivity contribution < 1.29 is 23.9 Å². The lowest BCUT2D eigenvalue weighted by Crippen LogP contribution is -2.48. The molecule has 0 aliphatic carbocycles. The van der Waals surface area contributed by atoms with Gasteiger partial charge in [-0.3, -0.25) is 25.8 Å². The van der Waals surface area contributed by atoms with Crippen molar-refractivity contribution in [2.45, 2.75) is 20.3 Å². The van der Waals surface area contributed by atoms with Crippen LogP contribution >= 0.6 is 12.2 Å². The van der Waals surface area contributed by atoms with Crippen molar-refractivity contribution in [2.24, 2.45) is 0 Å². The molecule has 0 saturated heterocycles. The van der Waals surface area contributed by atoms with E-state index in [1.807, 2.05) is 6.92 Å². The van der Waals surface area contributed by atoms with Crippen molar-refractivity contribution in [1.82, 2.24) is 16.2 Å². The minimum atomic E-state index is -0.642. The summed E-state index contributed by atoms with van der Waals surface area (Å²) in [6.07, 6.45) is 2.76. The van der Waals surface area contributed by atoms with E-state index in [2.05, 4.69) is 20.9 Å².